The van der Waals surface area contributed by atoms with Gasteiger partial charge < -0.3 is 5.32 Å². The molecule has 0 bridgehead atoms. The van der Waals surface area contributed by atoms with Crippen LogP contribution in [-0.4, -0.2) is 10.9 Å². The molecule has 1 heterocycles. The number of pyridine rings is 1. The standard InChI is InChI=1S/C14H18BrClN2O/c15-12-8-11(9-17-13(12)16)18-14(19)10-6-4-2-1-3-5-7-10/h8-10H,1-7H2,(H,18,19). The van der Waals surface area contributed by atoms with Gasteiger partial charge in [-0.1, -0.05) is 43.7 Å². The van der Waals surface area contributed by atoms with E-state index in [0.717, 1.165) is 25.7 Å². The van der Waals surface area contributed by atoms with E-state index in [4.69, 9.17) is 11.6 Å². The van der Waals surface area contributed by atoms with Crippen LogP contribution in [0.25, 0.3) is 0 Å². The van der Waals surface area contributed by atoms with Crippen LogP contribution >= 0.6 is 27.5 Å². The Morgan fingerprint density at radius 1 is 1.26 bits per heavy atom. The van der Waals surface area contributed by atoms with Crippen LogP contribution < -0.4 is 5.32 Å². The summed E-state index contributed by atoms with van der Waals surface area (Å²) in [5, 5.41) is 3.34. The predicted molar refractivity (Wildman–Crippen MR) is 81.4 cm³/mol. The number of nitrogens with zero attached hydrogens (tertiary/aromatic N) is 1. The number of anilines is 1. The lowest BCUT2D eigenvalue weighted by atomic mass is 9.90. The fourth-order valence-electron chi connectivity index (χ4n) is 2.45. The van der Waals surface area contributed by atoms with Crippen LogP contribution in [0.4, 0.5) is 5.69 Å². The third-order valence-corrected chi connectivity index (χ3v) is 4.67. The van der Waals surface area contributed by atoms with Gasteiger partial charge in [0.2, 0.25) is 5.91 Å². The Kier molecular flexibility index (Phi) is 5.64. The van der Waals surface area contributed by atoms with Gasteiger partial charge in [0.15, 0.2) is 0 Å². The molecule has 5 heteroatoms. The number of amides is 1. The molecule has 1 amide bonds. The highest BCUT2D eigenvalue weighted by Gasteiger charge is 2.19. The molecule has 0 saturated heterocycles. The van der Waals surface area contributed by atoms with E-state index in [1.165, 1.54) is 19.3 Å². The SMILES string of the molecule is O=C(Nc1cnc(Cl)c(Br)c1)C1CCCCCCC1. The van der Waals surface area contributed by atoms with Crippen LogP contribution in [0.3, 0.4) is 0 Å². The molecule has 1 N–H and O–H groups in total. The molecule has 0 aliphatic heterocycles. The second-order valence-corrected chi connectivity index (χ2v) is 6.24. The lowest BCUT2D eigenvalue weighted by molar-refractivity contribution is -0.120. The number of halogens is 2. The monoisotopic (exact) mass is 344 g/mol. The molecule has 0 radical (unpaired) electrons. The summed E-state index contributed by atoms with van der Waals surface area (Å²) in [5.74, 6) is 0.243. The third-order valence-electron chi connectivity index (χ3n) is 3.54. The normalized spacial score (nSPS) is 17.6. The van der Waals surface area contributed by atoms with Crippen molar-refractivity contribution >= 4 is 39.1 Å². The highest BCUT2D eigenvalue weighted by atomic mass is 79.9. The number of rotatable bonds is 2. The van der Waals surface area contributed by atoms with Crippen molar-refractivity contribution in [3.8, 4) is 0 Å². The van der Waals surface area contributed by atoms with E-state index >= 15 is 0 Å². The number of nitrogens with one attached hydrogen (secondary N) is 1. The van der Waals surface area contributed by atoms with Crippen molar-refractivity contribution in [1.29, 1.82) is 0 Å². The first-order valence-corrected chi connectivity index (χ1v) is 7.96. The molecule has 2 rings (SSSR count). The maximum absolute atomic E-state index is 12.2. The smallest absolute Gasteiger partial charge is 0.227 e. The summed E-state index contributed by atoms with van der Waals surface area (Å²) in [4.78, 5) is 16.3. The summed E-state index contributed by atoms with van der Waals surface area (Å²) in [6.07, 6.45) is 9.69. The molecule has 0 atom stereocenters. The number of hydrogen-bond acceptors (Lipinski definition) is 2. The van der Waals surface area contributed by atoms with Crippen molar-refractivity contribution in [2.45, 2.75) is 44.9 Å². The molecular formula is C14H18BrClN2O. The first-order chi connectivity index (χ1) is 9.16. The number of carbonyl (C=O) groups excluding carboxylic acids is 1. The van der Waals surface area contributed by atoms with Gasteiger partial charge in [0.25, 0.3) is 0 Å². The van der Waals surface area contributed by atoms with Crippen LogP contribution in [0.15, 0.2) is 16.7 Å². The van der Waals surface area contributed by atoms with E-state index < -0.39 is 0 Å². The Labute approximate surface area is 127 Å². The lowest BCUT2D eigenvalue weighted by Crippen LogP contribution is -2.23. The molecule has 3 nitrogen and oxygen atoms in total. The van der Waals surface area contributed by atoms with Crippen LogP contribution in [0.1, 0.15) is 44.9 Å². The molecule has 1 aliphatic carbocycles. The Bertz CT molecular complexity index is 445. The zero-order valence-electron chi connectivity index (χ0n) is 10.8. The Morgan fingerprint density at radius 3 is 2.53 bits per heavy atom. The molecule has 0 aromatic carbocycles. The van der Waals surface area contributed by atoms with Gasteiger partial charge >= 0.3 is 0 Å². The summed E-state index contributed by atoms with van der Waals surface area (Å²) in [6.45, 7) is 0. The van der Waals surface area contributed by atoms with Crippen LogP contribution in [0.5, 0.6) is 0 Å². The average molecular weight is 346 g/mol. The van der Waals surface area contributed by atoms with Crippen LogP contribution in [0.2, 0.25) is 5.15 Å². The largest absolute Gasteiger partial charge is 0.324 e. The van der Waals surface area contributed by atoms with Crippen LogP contribution in [0, 0.1) is 5.92 Å². The highest BCUT2D eigenvalue weighted by molar-refractivity contribution is 9.10. The van der Waals surface area contributed by atoms with E-state index in [1.807, 2.05) is 0 Å². The molecule has 19 heavy (non-hydrogen) atoms. The van der Waals surface area contributed by atoms with E-state index in [9.17, 15) is 4.79 Å². The summed E-state index contributed by atoms with van der Waals surface area (Å²) in [5.41, 5.74) is 0.698. The molecule has 1 aromatic rings. The van der Waals surface area contributed by atoms with Gasteiger partial charge in [0.1, 0.15) is 5.15 Å². The summed E-state index contributed by atoms with van der Waals surface area (Å²) in [6, 6.07) is 1.79. The van der Waals surface area contributed by atoms with Crippen molar-refractivity contribution in [3.05, 3.63) is 21.9 Å². The summed E-state index contributed by atoms with van der Waals surface area (Å²) in [7, 11) is 0. The van der Waals surface area contributed by atoms with E-state index in [1.54, 1.807) is 12.3 Å². The van der Waals surface area contributed by atoms with E-state index in [0.29, 0.717) is 15.3 Å². The zero-order chi connectivity index (χ0) is 13.7. The molecule has 0 unspecified atom stereocenters. The highest BCUT2D eigenvalue weighted by Crippen LogP contribution is 2.26. The maximum Gasteiger partial charge on any atom is 0.227 e. The Morgan fingerprint density at radius 2 is 1.89 bits per heavy atom. The summed E-state index contributed by atoms with van der Waals surface area (Å²) >= 11 is 9.14. The van der Waals surface area contributed by atoms with Crippen molar-refractivity contribution in [2.75, 3.05) is 5.32 Å². The van der Waals surface area contributed by atoms with Gasteiger partial charge in [-0.2, -0.15) is 0 Å². The minimum absolute atomic E-state index is 0.109. The van der Waals surface area contributed by atoms with Crippen LogP contribution in [-0.2, 0) is 4.79 Å². The molecule has 1 aliphatic rings. The fourth-order valence-corrected chi connectivity index (χ4v) is 2.90. The molecule has 1 fully saturated rings. The lowest BCUT2D eigenvalue weighted by Gasteiger charge is -2.19. The van der Waals surface area contributed by atoms with Crippen molar-refractivity contribution in [3.63, 3.8) is 0 Å². The molecule has 1 saturated carbocycles. The third kappa shape index (κ3) is 4.46. The molecule has 0 spiro atoms. The number of aromatic nitrogens is 1. The van der Waals surface area contributed by atoms with Gasteiger partial charge in [0, 0.05) is 5.92 Å². The number of carbonyl (C=O) groups is 1. The predicted octanol–water partition coefficient (Wildman–Crippen LogP) is 4.80. The first kappa shape index (κ1) is 14.8. The second kappa shape index (κ2) is 7.25. The maximum atomic E-state index is 12.2. The van der Waals surface area contributed by atoms with Gasteiger partial charge in [-0.25, -0.2) is 4.98 Å². The quantitative estimate of drug-likeness (QED) is 0.783. The number of hydrogen-bond donors (Lipinski definition) is 1. The molecule has 104 valence electrons. The topological polar surface area (TPSA) is 42.0 Å². The second-order valence-electron chi connectivity index (χ2n) is 5.03. The van der Waals surface area contributed by atoms with Crippen molar-refractivity contribution in [1.82, 2.24) is 4.98 Å². The molecule has 1 aromatic heterocycles. The average Bonchev–Trinajstić information content (AvgIpc) is 2.33. The minimum atomic E-state index is 0.109. The van der Waals surface area contributed by atoms with E-state index in [-0.39, 0.29) is 11.8 Å². The fraction of sp³-hybridized carbons (Fsp3) is 0.571. The van der Waals surface area contributed by atoms with Gasteiger partial charge in [-0.3, -0.25) is 4.79 Å². The van der Waals surface area contributed by atoms with Gasteiger partial charge in [-0.15, -0.1) is 0 Å². The van der Waals surface area contributed by atoms with Gasteiger partial charge in [-0.05, 0) is 34.8 Å². The molecular weight excluding hydrogens is 328 g/mol. The van der Waals surface area contributed by atoms with E-state index in [2.05, 4.69) is 26.2 Å². The van der Waals surface area contributed by atoms with Gasteiger partial charge in [0.05, 0.1) is 16.4 Å². The van der Waals surface area contributed by atoms with Crippen molar-refractivity contribution in [2.24, 2.45) is 5.92 Å². The Hall–Kier alpha value is -0.610. The minimum Gasteiger partial charge on any atom is -0.324 e. The zero-order valence-corrected chi connectivity index (χ0v) is 13.1. The van der Waals surface area contributed by atoms with Crippen molar-refractivity contribution < 1.29 is 4.79 Å². The first-order valence-electron chi connectivity index (χ1n) is 6.79. The Balaban J connectivity index is 1.96. The summed E-state index contributed by atoms with van der Waals surface area (Å²) < 4.78 is 0.699.